The molecule has 2 N–H and O–H groups in total. The van der Waals surface area contributed by atoms with Gasteiger partial charge in [-0.3, -0.25) is 4.79 Å². The van der Waals surface area contributed by atoms with Crippen molar-refractivity contribution in [2.75, 3.05) is 33.2 Å². The Morgan fingerprint density at radius 1 is 1.11 bits per heavy atom. The number of nitrogens with zero attached hydrogens (tertiary/aromatic N) is 1. The molecule has 7 nitrogen and oxygen atoms in total. The van der Waals surface area contributed by atoms with Gasteiger partial charge in [0.2, 0.25) is 5.75 Å². The Balaban J connectivity index is 1.97. The Labute approximate surface area is 163 Å². The molecule has 0 saturated carbocycles. The predicted molar refractivity (Wildman–Crippen MR) is 107 cm³/mol. The lowest BCUT2D eigenvalue weighted by Crippen LogP contribution is -2.26. The molecule has 0 fully saturated rings. The Hall–Kier alpha value is -2.93. The second kappa shape index (κ2) is 9.68. The lowest BCUT2D eigenvalue weighted by atomic mass is 10.2. The third-order valence-electron chi connectivity index (χ3n) is 3.72. The van der Waals surface area contributed by atoms with Crippen molar-refractivity contribution in [3.63, 3.8) is 0 Å². The van der Waals surface area contributed by atoms with Crippen LogP contribution >= 0.6 is 11.6 Å². The van der Waals surface area contributed by atoms with Crippen LogP contribution in [-0.4, -0.2) is 40.0 Å². The van der Waals surface area contributed by atoms with E-state index in [9.17, 15) is 4.79 Å². The number of benzene rings is 2. The molecule has 2 aromatic rings. The molecular weight excluding hydrogens is 370 g/mol. The Morgan fingerprint density at radius 3 is 2.33 bits per heavy atom. The molecular formula is C19H22ClN3O4. The van der Waals surface area contributed by atoms with E-state index in [1.54, 1.807) is 18.2 Å². The smallest absolute Gasteiger partial charge is 0.259 e. The highest BCUT2D eigenvalue weighted by atomic mass is 35.5. The van der Waals surface area contributed by atoms with Crippen LogP contribution < -0.4 is 25.0 Å². The maximum absolute atomic E-state index is 11.9. The zero-order valence-electron chi connectivity index (χ0n) is 15.6. The van der Waals surface area contributed by atoms with Gasteiger partial charge in [-0.15, -0.1) is 0 Å². The van der Waals surface area contributed by atoms with E-state index in [2.05, 4.69) is 15.8 Å². The van der Waals surface area contributed by atoms with Crippen LogP contribution in [0.15, 0.2) is 35.4 Å². The summed E-state index contributed by atoms with van der Waals surface area (Å²) in [5, 5.41) is 7.65. The lowest BCUT2D eigenvalue weighted by molar-refractivity contribution is -0.119. The molecule has 0 unspecified atom stereocenters. The average molecular weight is 392 g/mol. The second-order valence-electron chi connectivity index (χ2n) is 5.56. The largest absolute Gasteiger partial charge is 0.493 e. The summed E-state index contributed by atoms with van der Waals surface area (Å²) >= 11 is 5.92. The maximum atomic E-state index is 11.9. The first-order chi connectivity index (χ1) is 13.0. The van der Waals surface area contributed by atoms with Gasteiger partial charge in [-0.1, -0.05) is 11.6 Å². The topological polar surface area (TPSA) is 81.2 Å². The van der Waals surface area contributed by atoms with Crippen molar-refractivity contribution in [2.45, 2.75) is 6.92 Å². The van der Waals surface area contributed by atoms with Crippen molar-refractivity contribution in [1.82, 2.24) is 5.43 Å². The van der Waals surface area contributed by atoms with Gasteiger partial charge in [0.05, 0.1) is 34.1 Å². The zero-order valence-corrected chi connectivity index (χ0v) is 16.4. The average Bonchev–Trinajstić information content (AvgIpc) is 2.66. The number of hydrogen-bond donors (Lipinski definition) is 2. The highest BCUT2D eigenvalue weighted by molar-refractivity contribution is 6.30. The monoisotopic (exact) mass is 391 g/mol. The SMILES string of the molecule is COc1cc(/C=N\NC(=O)CNc2ccc(Cl)cc2C)cc(OC)c1OC. The number of aryl methyl sites for hydroxylation is 1. The van der Waals surface area contributed by atoms with Crippen LogP contribution in [0.5, 0.6) is 17.2 Å². The van der Waals surface area contributed by atoms with E-state index >= 15 is 0 Å². The van der Waals surface area contributed by atoms with E-state index in [4.69, 9.17) is 25.8 Å². The third-order valence-corrected chi connectivity index (χ3v) is 3.95. The van der Waals surface area contributed by atoms with Crippen molar-refractivity contribution in [3.8, 4) is 17.2 Å². The number of ether oxygens (including phenoxy) is 3. The molecule has 0 radical (unpaired) electrons. The van der Waals surface area contributed by atoms with E-state index in [0.29, 0.717) is 27.8 Å². The summed E-state index contributed by atoms with van der Waals surface area (Å²) in [7, 11) is 4.60. The lowest BCUT2D eigenvalue weighted by Gasteiger charge is -2.12. The number of amides is 1. The normalized spacial score (nSPS) is 10.6. The van der Waals surface area contributed by atoms with Crippen molar-refractivity contribution < 1.29 is 19.0 Å². The molecule has 27 heavy (non-hydrogen) atoms. The number of anilines is 1. The molecule has 0 bridgehead atoms. The van der Waals surface area contributed by atoms with Gasteiger partial charge >= 0.3 is 0 Å². The Kier molecular flexibility index (Phi) is 7.31. The van der Waals surface area contributed by atoms with E-state index in [-0.39, 0.29) is 12.5 Å². The van der Waals surface area contributed by atoms with Crippen molar-refractivity contribution in [2.24, 2.45) is 5.10 Å². The van der Waals surface area contributed by atoms with Gasteiger partial charge in [-0.05, 0) is 42.8 Å². The molecule has 0 heterocycles. The van der Waals surface area contributed by atoms with Crippen LogP contribution in [0.3, 0.4) is 0 Å². The van der Waals surface area contributed by atoms with Crippen LogP contribution in [0.1, 0.15) is 11.1 Å². The fourth-order valence-electron chi connectivity index (χ4n) is 2.40. The van der Waals surface area contributed by atoms with E-state index in [0.717, 1.165) is 11.3 Å². The predicted octanol–water partition coefficient (Wildman–Crippen LogP) is 3.24. The molecule has 0 aliphatic heterocycles. The molecule has 8 heteroatoms. The fraction of sp³-hybridized carbons (Fsp3) is 0.263. The van der Waals surface area contributed by atoms with Crippen LogP contribution in [0.25, 0.3) is 0 Å². The molecule has 0 atom stereocenters. The molecule has 0 aliphatic rings. The van der Waals surface area contributed by atoms with Crippen molar-refractivity contribution in [1.29, 1.82) is 0 Å². The number of halogens is 1. The summed E-state index contributed by atoms with van der Waals surface area (Å²) in [6, 6.07) is 8.87. The molecule has 1 amide bonds. The number of rotatable bonds is 8. The van der Waals surface area contributed by atoms with Crippen LogP contribution in [0.2, 0.25) is 5.02 Å². The number of carbonyl (C=O) groups is 1. The van der Waals surface area contributed by atoms with Crippen LogP contribution in [0, 0.1) is 6.92 Å². The van der Waals surface area contributed by atoms with E-state index in [1.807, 2.05) is 19.1 Å². The number of methoxy groups -OCH3 is 3. The molecule has 0 saturated heterocycles. The van der Waals surface area contributed by atoms with Gasteiger partial charge in [0, 0.05) is 16.3 Å². The molecule has 144 valence electrons. The van der Waals surface area contributed by atoms with Crippen molar-refractivity contribution in [3.05, 3.63) is 46.5 Å². The van der Waals surface area contributed by atoms with Gasteiger partial charge in [-0.25, -0.2) is 5.43 Å². The summed E-state index contributed by atoms with van der Waals surface area (Å²) in [5.41, 5.74) is 4.94. The van der Waals surface area contributed by atoms with Gasteiger partial charge in [0.1, 0.15) is 0 Å². The highest BCUT2D eigenvalue weighted by Gasteiger charge is 2.12. The fourth-order valence-corrected chi connectivity index (χ4v) is 2.62. The minimum atomic E-state index is -0.284. The van der Waals surface area contributed by atoms with Crippen LogP contribution in [0.4, 0.5) is 5.69 Å². The summed E-state index contributed by atoms with van der Waals surface area (Å²) in [5.74, 6) is 1.21. The standard InChI is InChI=1S/C19H22ClN3O4/c1-12-7-14(20)5-6-15(12)21-11-18(24)23-22-10-13-8-16(25-2)19(27-4)17(9-13)26-3/h5-10,21H,11H2,1-4H3,(H,23,24)/b22-10-. The second-order valence-corrected chi connectivity index (χ2v) is 6.00. The Morgan fingerprint density at radius 2 is 1.78 bits per heavy atom. The summed E-state index contributed by atoms with van der Waals surface area (Å²) < 4.78 is 15.8. The molecule has 0 aromatic heterocycles. The summed E-state index contributed by atoms with van der Waals surface area (Å²) in [4.78, 5) is 11.9. The van der Waals surface area contributed by atoms with E-state index in [1.165, 1.54) is 27.5 Å². The molecule has 2 rings (SSSR count). The summed E-state index contributed by atoms with van der Waals surface area (Å²) in [6.45, 7) is 1.99. The zero-order chi connectivity index (χ0) is 19.8. The molecule has 0 spiro atoms. The minimum absolute atomic E-state index is 0.0784. The van der Waals surface area contributed by atoms with E-state index < -0.39 is 0 Å². The first kappa shape index (κ1) is 20.4. The first-order valence-electron chi connectivity index (χ1n) is 8.10. The molecule has 0 aliphatic carbocycles. The quantitative estimate of drug-likeness (QED) is 0.533. The van der Waals surface area contributed by atoms with Crippen LogP contribution in [-0.2, 0) is 4.79 Å². The Bertz CT molecular complexity index is 815. The number of carbonyl (C=O) groups excluding carboxylic acids is 1. The number of hydrazone groups is 1. The third kappa shape index (κ3) is 5.52. The summed E-state index contributed by atoms with van der Waals surface area (Å²) in [6.07, 6.45) is 1.50. The van der Waals surface area contributed by atoms with Crippen molar-refractivity contribution >= 4 is 29.4 Å². The maximum Gasteiger partial charge on any atom is 0.259 e. The highest BCUT2D eigenvalue weighted by Crippen LogP contribution is 2.37. The van der Waals surface area contributed by atoms with Gasteiger partial charge in [0.25, 0.3) is 5.91 Å². The van der Waals surface area contributed by atoms with Gasteiger partial charge in [-0.2, -0.15) is 5.10 Å². The van der Waals surface area contributed by atoms with Gasteiger partial charge in [0.15, 0.2) is 11.5 Å². The van der Waals surface area contributed by atoms with Gasteiger partial charge < -0.3 is 19.5 Å². The number of hydrogen-bond acceptors (Lipinski definition) is 6. The number of nitrogens with one attached hydrogen (secondary N) is 2. The first-order valence-corrected chi connectivity index (χ1v) is 8.48. The molecule has 2 aromatic carbocycles. The minimum Gasteiger partial charge on any atom is -0.493 e.